The number of rotatable bonds is 10. The Morgan fingerprint density at radius 2 is 1.03 bits per heavy atom. The highest BCUT2D eigenvalue weighted by atomic mass is 16.4. The van der Waals surface area contributed by atoms with Gasteiger partial charge in [0, 0.05) is 58.9 Å². The lowest BCUT2D eigenvalue weighted by atomic mass is 10.3. The SMILES string of the molecule is C=C(C(=O)NCCO)N1CCN(CC(=O)O)CCN(CC(=O)O)CCN(CC(=O)O)CC1. The van der Waals surface area contributed by atoms with E-state index in [1.54, 1.807) is 19.6 Å². The number of nitrogens with one attached hydrogen (secondary N) is 1. The highest BCUT2D eigenvalue weighted by molar-refractivity contribution is 5.92. The van der Waals surface area contributed by atoms with E-state index in [9.17, 15) is 29.4 Å². The second-order valence-electron chi connectivity index (χ2n) is 7.42. The van der Waals surface area contributed by atoms with Crippen molar-refractivity contribution in [3.05, 3.63) is 12.3 Å². The lowest BCUT2D eigenvalue weighted by molar-refractivity contribution is -0.140. The molecule has 0 saturated carbocycles. The minimum Gasteiger partial charge on any atom is -0.480 e. The quantitative estimate of drug-likeness (QED) is 0.211. The average molecular weight is 460 g/mol. The highest BCUT2D eigenvalue weighted by Gasteiger charge is 2.22. The van der Waals surface area contributed by atoms with Gasteiger partial charge >= 0.3 is 17.9 Å². The molecule has 0 aromatic heterocycles. The van der Waals surface area contributed by atoms with Crippen molar-refractivity contribution < 1.29 is 39.6 Å². The zero-order chi connectivity index (χ0) is 24.1. The van der Waals surface area contributed by atoms with Gasteiger partial charge in [-0.25, -0.2) is 0 Å². The number of aliphatic hydroxyl groups is 1. The van der Waals surface area contributed by atoms with E-state index in [-0.39, 0.29) is 77.8 Å². The Balaban J connectivity index is 3.02. The van der Waals surface area contributed by atoms with Crippen LogP contribution in [0.15, 0.2) is 12.3 Å². The maximum Gasteiger partial charge on any atom is 0.317 e. The summed E-state index contributed by atoms with van der Waals surface area (Å²) in [6, 6.07) is 0. The van der Waals surface area contributed by atoms with Crippen LogP contribution in [0.4, 0.5) is 0 Å². The first-order chi connectivity index (χ1) is 15.1. The van der Waals surface area contributed by atoms with E-state index >= 15 is 0 Å². The van der Waals surface area contributed by atoms with E-state index in [1.165, 1.54) is 0 Å². The molecule has 1 amide bonds. The van der Waals surface area contributed by atoms with E-state index in [0.29, 0.717) is 13.1 Å². The zero-order valence-electron chi connectivity index (χ0n) is 18.1. The number of amides is 1. The summed E-state index contributed by atoms with van der Waals surface area (Å²) in [5.41, 5.74) is 0.133. The Bertz CT molecular complexity index is 642. The van der Waals surface area contributed by atoms with Gasteiger partial charge < -0.3 is 30.6 Å². The molecule has 0 aliphatic carbocycles. The van der Waals surface area contributed by atoms with Gasteiger partial charge in [0.05, 0.1) is 31.9 Å². The molecule has 0 spiro atoms. The third kappa shape index (κ3) is 11.0. The van der Waals surface area contributed by atoms with Gasteiger partial charge in [-0.3, -0.25) is 33.9 Å². The standard InChI is InChI=1S/C19H33N5O8/c1-15(19(32)20-2-11-25)24-9-7-22(13-17(28)29)5-3-21(12-16(26)27)4-6-23(8-10-24)14-18(30)31/h25H,1-14H2,(H,20,32)(H,26,27)(H,28,29)(H,30,31). The number of nitrogens with zero attached hydrogens (tertiary/aromatic N) is 4. The number of hydrogen-bond donors (Lipinski definition) is 5. The van der Waals surface area contributed by atoms with Crippen LogP contribution in [-0.2, 0) is 19.2 Å². The molecule has 1 aliphatic rings. The molecule has 0 aromatic rings. The zero-order valence-corrected chi connectivity index (χ0v) is 18.1. The predicted molar refractivity (Wildman–Crippen MR) is 113 cm³/mol. The molecule has 0 bridgehead atoms. The maximum atomic E-state index is 12.3. The van der Waals surface area contributed by atoms with Gasteiger partial charge in [-0.15, -0.1) is 0 Å². The van der Waals surface area contributed by atoms with E-state index in [2.05, 4.69) is 11.9 Å². The van der Waals surface area contributed by atoms with Crippen molar-refractivity contribution in [2.75, 3.05) is 85.1 Å². The summed E-state index contributed by atoms with van der Waals surface area (Å²) < 4.78 is 0. The summed E-state index contributed by atoms with van der Waals surface area (Å²) in [4.78, 5) is 52.6. The Morgan fingerprint density at radius 1 is 0.688 bits per heavy atom. The van der Waals surface area contributed by atoms with E-state index in [1.807, 2.05) is 0 Å². The van der Waals surface area contributed by atoms with Crippen LogP contribution in [0.3, 0.4) is 0 Å². The van der Waals surface area contributed by atoms with Crippen molar-refractivity contribution in [1.82, 2.24) is 24.9 Å². The number of carboxylic acid groups (broad SMARTS) is 3. The summed E-state index contributed by atoms with van der Waals surface area (Å²) in [5.74, 6) is -3.56. The van der Waals surface area contributed by atoms with Crippen molar-refractivity contribution in [3.63, 3.8) is 0 Å². The molecule has 5 N–H and O–H groups in total. The van der Waals surface area contributed by atoms with Gasteiger partial charge in [-0.2, -0.15) is 0 Å². The fourth-order valence-electron chi connectivity index (χ4n) is 3.27. The molecule has 182 valence electrons. The fraction of sp³-hybridized carbons (Fsp3) is 0.684. The molecule has 1 heterocycles. The number of carbonyl (C=O) groups excluding carboxylic acids is 1. The monoisotopic (exact) mass is 459 g/mol. The Hall–Kier alpha value is -2.74. The smallest absolute Gasteiger partial charge is 0.317 e. The second-order valence-corrected chi connectivity index (χ2v) is 7.42. The van der Waals surface area contributed by atoms with E-state index in [4.69, 9.17) is 10.2 Å². The molecule has 0 aromatic carbocycles. The van der Waals surface area contributed by atoms with Crippen molar-refractivity contribution in [2.45, 2.75) is 0 Å². The van der Waals surface area contributed by atoms with Crippen LogP contribution in [0, 0.1) is 0 Å². The van der Waals surface area contributed by atoms with Crippen molar-refractivity contribution >= 4 is 23.8 Å². The van der Waals surface area contributed by atoms with Crippen LogP contribution in [-0.4, -0.2) is 149 Å². The summed E-state index contributed by atoms with van der Waals surface area (Å²) in [5, 5.41) is 39.0. The first-order valence-corrected chi connectivity index (χ1v) is 10.3. The predicted octanol–water partition coefficient (Wildman–Crippen LogP) is -2.92. The molecule has 1 fully saturated rings. The van der Waals surface area contributed by atoms with Gasteiger partial charge in [0.1, 0.15) is 0 Å². The number of carbonyl (C=O) groups is 4. The molecular weight excluding hydrogens is 426 g/mol. The largest absolute Gasteiger partial charge is 0.480 e. The summed E-state index contributed by atoms with van der Waals surface area (Å²) in [6.07, 6.45) is 0. The number of aliphatic hydroxyl groups excluding tert-OH is 1. The lowest BCUT2D eigenvalue weighted by Crippen LogP contribution is -2.49. The minimum atomic E-state index is -1.03. The van der Waals surface area contributed by atoms with Crippen LogP contribution in [0.2, 0.25) is 0 Å². The minimum absolute atomic E-state index is 0.0569. The number of carboxylic acids is 3. The van der Waals surface area contributed by atoms with Crippen LogP contribution in [0.5, 0.6) is 0 Å². The van der Waals surface area contributed by atoms with Gasteiger partial charge in [-0.1, -0.05) is 6.58 Å². The molecule has 0 atom stereocenters. The lowest BCUT2D eigenvalue weighted by Gasteiger charge is -2.34. The van der Waals surface area contributed by atoms with E-state index < -0.39 is 23.8 Å². The van der Waals surface area contributed by atoms with Gasteiger partial charge in [0.25, 0.3) is 5.91 Å². The molecular formula is C19H33N5O8. The second kappa shape index (κ2) is 14.3. The summed E-state index contributed by atoms with van der Waals surface area (Å²) >= 11 is 0. The molecule has 13 heteroatoms. The van der Waals surface area contributed by atoms with Crippen LogP contribution < -0.4 is 5.32 Å². The van der Waals surface area contributed by atoms with Crippen molar-refractivity contribution in [2.24, 2.45) is 0 Å². The number of hydrogen-bond acceptors (Lipinski definition) is 9. The number of aliphatic carboxylic acids is 3. The van der Waals surface area contributed by atoms with Crippen molar-refractivity contribution in [1.29, 1.82) is 0 Å². The van der Waals surface area contributed by atoms with Crippen LogP contribution in [0.25, 0.3) is 0 Å². The Morgan fingerprint density at radius 3 is 1.34 bits per heavy atom. The molecule has 13 nitrogen and oxygen atoms in total. The topological polar surface area (TPSA) is 174 Å². The van der Waals surface area contributed by atoms with Gasteiger partial charge in [-0.05, 0) is 0 Å². The molecule has 0 unspecified atom stereocenters. The molecule has 1 aliphatic heterocycles. The maximum absolute atomic E-state index is 12.3. The molecule has 1 rings (SSSR count). The molecule has 32 heavy (non-hydrogen) atoms. The highest BCUT2D eigenvalue weighted by Crippen LogP contribution is 2.06. The Labute approximate surface area is 186 Å². The fourth-order valence-corrected chi connectivity index (χ4v) is 3.27. The first-order valence-electron chi connectivity index (χ1n) is 10.3. The average Bonchev–Trinajstić information content (AvgIpc) is 2.70. The first kappa shape index (κ1) is 27.3. The normalized spacial score (nSPS) is 17.7. The van der Waals surface area contributed by atoms with E-state index in [0.717, 1.165) is 0 Å². The van der Waals surface area contributed by atoms with Crippen molar-refractivity contribution in [3.8, 4) is 0 Å². The third-order valence-corrected chi connectivity index (χ3v) is 4.95. The van der Waals surface area contributed by atoms with Gasteiger partial charge in [0.2, 0.25) is 0 Å². The van der Waals surface area contributed by atoms with Crippen LogP contribution >= 0.6 is 0 Å². The third-order valence-electron chi connectivity index (χ3n) is 4.95. The summed E-state index contributed by atoms with van der Waals surface area (Å²) in [7, 11) is 0. The summed E-state index contributed by atoms with van der Waals surface area (Å²) in [6.45, 7) is 5.13. The van der Waals surface area contributed by atoms with Gasteiger partial charge in [0.15, 0.2) is 0 Å². The van der Waals surface area contributed by atoms with Crippen LogP contribution in [0.1, 0.15) is 0 Å². The Kier molecular flexibility index (Phi) is 12.2. The molecule has 1 saturated heterocycles. The molecule has 0 radical (unpaired) electrons.